The van der Waals surface area contributed by atoms with Crippen LogP contribution in [0.5, 0.6) is 0 Å². The number of hydrogen-bond acceptors (Lipinski definition) is 4. The maximum absolute atomic E-state index is 12.6. The molecule has 0 spiro atoms. The van der Waals surface area contributed by atoms with Gasteiger partial charge < -0.3 is 10.2 Å². The first-order chi connectivity index (χ1) is 14.1. The Kier molecular flexibility index (Phi) is 7.00. The lowest BCUT2D eigenvalue weighted by Gasteiger charge is -2.23. The van der Waals surface area contributed by atoms with Crippen molar-refractivity contribution in [2.75, 3.05) is 18.0 Å². The molecule has 0 saturated carbocycles. The molecule has 0 aliphatic rings. The van der Waals surface area contributed by atoms with Crippen molar-refractivity contribution in [3.05, 3.63) is 71.9 Å². The van der Waals surface area contributed by atoms with Gasteiger partial charge in [-0.3, -0.25) is 9.36 Å². The SMILES string of the molecule is CCCCN(CC)c1ccc(C(=O)NCc2ccnc(-n3ccnc3C)c2)cc1. The molecular weight excluding hydrogens is 362 g/mol. The Balaban J connectivity index is 1.62. The fraction of sp³-hybridized carbons (Fsp3) is 0.348. The summed E-state index contributed by atoms with van der Waals surface area (Å²) in [6.07, 6.45) is 7.72. The quantitative estimate of drug-likeness (QED) is 0.596. The lowest BCUT2D eigenvalue weighted by molar-refractivity contribution is 0.0951. The van der Waals surface area contributed by atoms with Gasteiger partial charge in [-0.1, -0.05) is 13.3 Å². The van der Waals surface area contributed by atoms with E-state index in [1.165, 1.54) is 12.8 Å². The van der Waals surface area contributed by atoms with E-state index >= 15 is 0 Å². The number of carbonyl (C=O) groups excluding carboxylic acids is 1. The number of aryl methyl sites for hydroxylation is 1. The first kappa shape index (κ1) is 20.6. The van der Waals surface area contributed by atoms with Gasteiger partial charge in [0.15, 0.2) is 0 Å². The van der Waals surface area contributed by atoms with Crippen LogP contribution in [-0.2, 0) is 6.54 Å². The number of benzene rings is 1. The van der Waals surface area contributed by atoms with Crippen molar-refractivity contribution in [2.24, 2.45) is 0 Å². The van der Waals surface area contributed by atoms with E-state index in [4.69, 9.17) is 0 Å². The van der Waals surface area contributed by atoms with Crippen molar-refractivity contribution < 1.29 is 4.79 Å². The molecule has 2 aromatic heterocycles. The molecule has 0 aliphatic carbocycles. The van der Waals surface area contributed by atoms with Crippen LogP contribution in [0.4, 0.5) is 5.69 Å². The zero-order valence-electron chi connectivity index (χ0n) is 17.4. The topological polar surface area (TPSA) is 63.1 Å². The number of rotatable bonds is 9. The molecule has 0 radical (unpaired) electrons. The molecule has 152 valence electrons. The standard InChI is InChI=1S/C23H29N5O/c1-4-6-14-27(5-2)21-9-7-20(8-10-21)23(29)26-17-19-11-12-25-22(16-19)28-15-13-24-18(28)3/h7-13,15-16H,4-6,14,17H2,1-3H3,(H,26,29). The van der Waals surface area contributed by atoms with Crippen LogP contribution in [0.3, 0.4) is 0 Å². The first-order valence-corrected chi connectivity index (χ1v) is 10.2. The van der Waals surface area contributed by atoms with Gasteiger partial charge in [0.25, 0.3) is 5.91 Å². The smallest absolute Gasteiger partial charge is 0.251 e. The summed E-state index contributed by atoms with van der Waals surface area (Å²) in [6, 6.07) is 11.7. The Labute approximate surface area is 172 Å². The van der Waals surface area contributed by atoms with Crippen LogP contribution in [-0.4, -0.2) is 33.5 Å². The van der Waals surface area contributed by atoms with Gasteiger partial charge in [0.1, 0.15) is 11.6 Å². The Morgan fingerprint density at radius 2 is 1.90 bits per heavy atom. The zero-order chi connectivity index (χ0) is 20.6. The van der Waals surface area contributed by atoms with Crippen LogP contribution in [0.2, 0.25) is 0 Å². The molecule has 0 unspecified atom stereocenters. The van der Waals surface area contributed by atoms with Gasteiger partial charge in [0.05, 0.1) is 0 Å². The number of hydrogen-bond donors (Lipinski definition) is 1. The summed E-state index contributed by atoms with van der Waals surface area (Å²) in [4.78, 5) is 23.5. The van der Waals surface area contributed by atoms with Crippen LogP contribution in [0, 0.1) is 6.92 Å². The molecule has 1 amide bonds. The van der Waals surface area contributed by atoms with Crippen molar-refractivity contribution in [1.82, 2.24) is 19.9 Å². The van der Waals surface area contributed by atoms with Crippen LogP contribution in [0.25, 0.3) is 5.82 Å². The highest BCUT2D eigenvalue weighted by atomic mass is 16.1. The van der Waals surface area contributed by atoms with Gasteiger partial charge in [-0.15, -0.1) is 0 Å². The Morgan fingerprint density at radius 1 is 1.10 bits per heavy atom. The first-order valence-electron chi connectivity index (χ1n) is 10.2. The largest absolute Gasteiger partial charge is 0.372 e. The van der Waals surface area contributed by atoms with Crippen molar-refractivity contribution in [2.45, 2.75) is 40.2 Å². The van der Waals surface area contributed by atoms with Crippen LogP contribution < -0.4 is 10.2 Å². The van der Waals surface area contributed by atoms with E-state index in [2.05, 4.69) is 34.0 Å². The van der Waals surface area contributed by atoms with Crippen molar-refractivity contribution in [3.8, 4) is 5.82 Å². The average Bonchev–Trinajstić information content (AvgIpc) is 3.19. The maximum atomic E-state index is 12.6. The molecule has 1 N–H and O–H groups in total. The third-order valence-corrected chi connectivity index (χ3v) is 4.99. The summed E-state index contributed by atoms with van der Waals surface area (Å²) in [5, 5.41) is 2.99. The van der Waals surface area contributed by atoms with Gasteiger partial charge in [-0.05, 0) is 62.2 Å². The number of aromatic nitrogens is 3. The third kappa shape index (κ3) is 5.22. The molecule has 29 heavy (non-hydrogen) atoms. The minimum Gasteiger partial charge on any atom is -0.372 e. The second-order valence-electron chi connectivity index (χ2n) is 7.03. The molecule has 6 heteroatoms. The summed E-state index contributed by atoms with van der Waals surface area (Å²) < 4.78 is 1.92. The number of imidazole rings is 1. The number of anilines is 1. The van der Waals surface area contributed by atoms with Gasteiger partial charge in [-0.2, -0.15) is 0 Å². The van der Waals surface area contributed by atoms with Gasteiger partial charge >= 0.3 is 0 Å². The summed E-state index contributed by atoms with van der Waals surface area (Å²) in [5.41, 5.74) is 2.82. The van der Waals surface area contributed by atoms with E-state index in [0.29, 0.717) is 12.1 Å². The molecule has 0 saturated heterocycles. The second kappa shape index (κ2) is 9.87. The Hall–Kier alpha value is -3.15. The van der Waals surface area contributed by atoms with Crippen LogP contribution >= 0.6 is 0 Å². The molecule has 0 fully saturated rings. The zero-order valence-corrected chi connectivity index (χ0v) is 17.4. The van der Waals surface area contributed by atoms with E-state index in [9.17, 15) is 4.79 Å². The highest BCUT2D eigenvalue weighted by Crippen LogP contribution is 2.16. The van der Waals surface area contributed by atoms with E-state index in [-0.39, 0.29) is 5.91 Å². The second-order valence-corrected chi connectivity index (χ2v) is 7.03. The lowest BCUT2D eigenvalue weighted by Crippen LogP contribution is -2.25. The number of amides is 1. The Bertz CT molecular complexity index is 932. The Morgan fingerprint density at radius 3 is 2.55 bits per heavy atom. The van der Waals surface area contributed by atoms with Gasteiger partial charge in [-0.25, -0.2) is 9.97 Å². The lowest BCUT2D eigenvalue weighted by atomic mass is 10.1. The van der Waals surface area contributed by atoms with E-state index in [1.807, 2.05) is 54.1 Å². The molecule has 2 heterocycles. The summed E-state index contributed by atoms with van der Waals surface area (Å²) in [7, 11) is 0. The number of pyridine rings is 1. The predicted octanol–water partition coefficient (Wildman–Crippen LogP) is 4.13. The van der Waals surface area contributed by atoms with Crippen molar-refractivity contribution >= 4 is 11.6 Å². The van der Waals surface area contributed by atoms with Crippen molar-refractivity contribution in [3.63, 3.8) is 0 Å². The minimum absolute atomic E-state index is 0.0784. The molecular formula is C23H29N5O. The summed E-state index contributed by atoms with van der Waals surface area (Å²) in [6.45, 7) is 8.74. The monoisotopic (exact) mass is 391 g/mol. The van der Waals surface area contributed by atoms with Crippen molar-refractivity contribution in [1.29, 1.82) is 0 Å². The minimum atomic E-state index is -0.0784. The molecule has 0 aliphatic heterocycles. The molecule has 3 rings (SSSR count). The van der Waals surface area contributed by atoms with E-state index in [0.717, 1.165) is 36.0 Å². The van der Waals surface area contributed by atoms with Crippen LogP contribution in [0.15, 0.2) is 55.0 Å². The number of nitrogens with one attached hydrogen (secondary N) is 1. The van der Waals surface area contributed by atoms with E-state index in [1.54, 1.807) is 12.4 Å². The maximum Gasteiger partial charge on any atom is 0.251 e. The highest BCUT2D eigenvalue weighted by Gasteiger charge is 2.09. The average molecular weight is 392 g/mol. The third-order valence-electron chi connectivity index (χ3n) is 4.99. The molecule has 0 bridgehead atoms. The normalized spacial score (nSPS) is 10.7. The fourth-order valence-electron chi connectivity index (χ4n) is 3.25. The van der Waals surface area contributed by atoms with Gasteiger partial charge in [0.2, 0.25) is 0 Å². The van der Waals surface area contributed by atoms with E-state index < -0.39 is 0 Å². The highest BCUT2D eigenvalue weighted by molar-refractivity contribution is 5.94. The number of unbranched alkanes of at least 4 members (excludes halogenated alkanes) is 1. The predicted molar refractivity (Wildman–Crippen MR) is 117 cm³/mol. The molecule has 1 aromatic carbocycles. The number of nitrogens with zero attached hydrogens (tertiary/aromatic N) is 4. The summed E-state index contributed by atoms with van der Waals surface area (Å²) >= 11 is 0. The molecule has 6 nitrogen and oxygen atoms in total. The molecule has 3 aromatic rings. The number of carbonyl (C=O) groups is 1. The van der Waals surface area contributed by atoms with Gasteiger partial charge in [0, 0.05) is 49.5 Å². The van der Waals surface area contributed by atoms with Crippen LogP contribution in [0.1, 0.15) is 48.4 Å². The summed E-state index contributed by atoms with van der Waals surface area (Å²) in [5.74, 6) is 1.59. The molecule has 0 atom stereocenters. The fourth-order valence-corrected chi connectivity index (χ4v) is 3.25.